The van der Waals surface area contributed by atoms with Crippen molar-refractivity contribution in [2.24, 2.45) is 5.73 Å². The Labute approximate surface area is 88.6 Å². The van der Waals surface area contributed by atoms with Crippen LogP contribution in [0.2, 0.25) is 0 Å². The van der Waals surface area contributed by atoms with Crippen LogP contribution >= 0.6 is 11.8 Å². The zero-order chi connectivity index (χ0) is 10.6. The summed E-state index contributed by atoms with van der Waals surface area (Å²) in [4.78, 5) is 4.23. The van der Waals surface area contributed by atoms with Crippen molar-refractivity contribution in [1.82, 2.24) is 10.1 Å². The highest BCUT2D eigenvalue weighted by Crippen LogP contribution is 2.16. The van der Waals surface area contributed by atoms with Crippen LogP contribution in [0.4, 0.5) is 0 Å². The van der Waals surface area contributed by atoms with Gasteiger partial charge in [-0.2, -0.15) is 16.7 Å². The van der Waals surface area contributed by atoms with Gasteiger partial charge in [0, 0.05) is 0 Å². The highest BCUT2D eigenvalue weighted by Gasteiger charge is 2.21. The Morgan fingerprint density at radius 3 is 2.71 bits per heavy atom. The normalized spacial score (nSPS) is 12.0. The zero-order valence-electron chi connectivity index (χ0n) is 8.91. The van der Waals surface area contributed by atoms with Gasteiger partial charge in [0.1, 0.15) is 0 Å². The van der Waals surface area contributed by atoms with E-state index in [1.165, 1.54) is 0 Å². The van der Waals surface area contributed by atoms with E-state index in [0.29, 0.717) is 5.89 Å². The number of nitrogens with two attached hydrogens (primary N) is 1. The van der Waals surface area contributed by atoms with Crippen molar-refractivity contribution in [3.05, 3.63) is 11.7 Å². The Morgan fingerprint density at radius 2 is 2.21 bits per heavy atom. The maximum Gasteiger partial charge on any atom is 0.246 e. The van der Waals surface area contributed by atoms with Crippen molar-refractivity contribution in [3.63, 3.8) is 0 Å². The summed E-state index contributed by atoms with van der Waals surface area (Å²) in [5.74, 6) is 3.16. The van der Waals surface area contributed by atoms with E-state index in [1.54, 1.807) is 11.8 Å². The number of nitrogens with zero attached hydrogens (tertiary/aromatic N) is 2. The van der Waals surface area contributed by atoms with Crippen molar-refractivity contribution in [1.29, 1.82) is 0 Å². The topological polar surface area (TPSA) is 64.9 Å². The third-order valence-electron chi connectivity index (χ3n) is 1.60. The third-order valence-corrected chi connectivity index (χ3v) is 2.76. The first-order chi connectivity index (χ1) is 6.54. The van der Waals surface area contributed by atoms with Crippen molar-refractivity contribution in [2.45, 2.75) is 38.5 Å². The minimum atomic E-state index is -0.541. The van der Waals surface area contributed by atoms with Gasteiger partial charge in [0.15, 0.2) is 5.82 Å². The first kappa shape index (κ1) is 11.5. The molecule has 0 saturated carbocycles. The number of hydrogen-bond donors (Lipinski definition) is 1. The van der Waals surface area contributed by atoms with Crippen LogP contribution in [0, 0.1) is 0 Å². The van der Waals surface area contributed by atoms with E-state index in [2.05, 4.69) is 17.1 Å². The second-order valence-electron chi connectivity index (χ2n) is 3.79. The molecular formula is C9H17N3OS. The number of thioether (sulfide) groups is 1. The lowest BCUT2D eigenvalue weighted by Gasteiger charge is -2.10. The fraction of sp³-hybridized carbons (Fsp3) is 0.778. The number of aromatic nitrogens is 2. The molecule has 0 saturated heterocycles. The van der Waals surface area contributed by atoms with Crippen molar-refractivity contribution < 1.29 is 4.52 Å². The predicted molar refractivity (Wildman–Crippen MR) is 58.0 cm³/mol. The minimum Gasteiger partial charge on any atom is -0.337 e. The molecule has 0 aliphatic heterocycles. The highest BCUT2D eigenvalue weighted by atomic mass is 32.2. The van der Waals surface area contributed by atoms with Gasteiger partial charge in [-0.1, -0.05) is 12.1 Å². The summed E-state index contributed by atoms with van der Waals surface area (Å²) in [5, 5.41) is 3.87. The van der Waals surface area contributed by atoms with Crippen LogP contribution in [-0.4, -0.2) is 15.9 Å². The first-order valence-corrected chi connectivity index (χ1v) is 5.89. The fourth-order valence-corrected chi connectivity index (χ4v) is 1.61. The summed E-state index contributed by atoms with van der Waals surface area (Å²) >= 11 is 1.80. The minimum absolute atomic E-state index is 0.504. The smallest absolute Gasteiger partial charge is 0.246 e. The Balaban J connectivity index is 2.51. The lowest BCUT2D eigenvalue weighted by Crippen LogP contribution is -2.29. The van der Waals surface area contributed by atoms with Crippen LogP contribution in [0.5, 0.6) is 0 Å². The molecule has 4 nitrogen and oxygen atoms in total. The maximum atomic E-state index is 5.82. The molecule has 0 aliphatic rings. The molecule has 5 heteroatoms. The van der Waals surface area contributed by atoms with Gasteiger partial charge < -0.3 is 10.3 Å². The van der Waals surface area contributed by atoms with Gasteiger partial charge in [-0.25, -0.2) is 0 Å². The summed E-state index contributed by atoms with van der Waals surface area (Å²) in [7, 11) is 0. The molecule has 0 fully saturated rings. The van der Waals surface area contributed by atoms with Gasteiger partial charge in [-0.15, -0.1) is 0 Å². The average molecular weight is 215 g/mol. The molecule has 0 aliphatic carbocycles. The summed E-state index contributed by atoms with van der Waals surface area (Å²) in [6.07, 6.45) is 1.16. The molecule has 0 amide bonds. The number of rotatable bonds is 5. The lowest BCUT2D eigenvalue weighted by atomic mass is 10.1. The third kappa shape index (κ3) is 3.31. The van der Waals surface area contributed by atoms with E-state index in [9.17, 15) is 0 Å². The molecule has 0 spiro atoms. The molecule has 1 aromatic heterocycles. The van der Waals surface area contributed by atoms with Crippen LogP contribution in [0.15, 0.2) is 4.52 Å². The largest absolute Gasteiger partial charge is 0.337 e. The monoisotopic (exact) mass is 215 g/mol. The van der Waals surface area contributed by atoms with Crippen LogP contribution in [-0.2, 0) is 11.3 Å². The van der Waals surface area contributed by atoms with Gasteiger partial charge in [0.25, 0.3) is 0 Å². The molecule has 14 heavy (non-hydrogen) atoms. The molecule has 2 N–H and O–H groups in total. The summed E-state index contributed by atoms with van der Waals surface area (Å²) in [5.41, 5.74) is 5.28. The van der Waals surface area contributed by atoms with Gasteiger partial charge in [0.05, 0.1) is 11.3 Å². The fourth-order valence-electron chi connectivity index (χ4n) is 0.882. The molecule has 80 valence electrons. The van der Waals surface area contributed by atoms with Crippen LogP contribution < -0.4 is 5.73 Å². The molecule has 0 atom stereocenters. The van der Waals surface area contributed by atoms with E-state index in [1.807, 2.05) is 13.8 Å². The summed E-state index contributed by atoms with van der Waals surface area (Å²) in [6, 6.07) is 0. The molecule has 0 radical (unpaired) electrons. The average Bonchev–Trinajstić information content (AvgIpc) is 2.52. The first-order valence-electron chi connectivity index (χ1n) is 4.73. The molecule has 0 bridgehead atoms. The molecule has 0 aromatic carbocycles. The molecule has 1 aromatic rings. The Hall–Kier alpha value is -0.550. The summed E-state index contributed by atoms with van der Waals surface area (Å²) < 4.78 is 5.06. The Bertz CT molecular complexity index is 280. The zero-order valence-corrected chi connectivity index (χ0v) is 9.73. The molecule has 1 heterocycles. The van der Waals surface area contributed by atoms with Crippen LogP contribution in [0.1, 0.15) is 38.9 Å². The van der Waals surface area contributed by atoms with Gasteiger partial charge in [-0.3, -0.25) is 0 Å². The molecule has 1 rings (SSSR count). The van der Waals surface area contributed by atoms with E-state index in [-0.39, 0.29) is 0 Å². The van der Waals surface area contributed by atoms with E-state index < -0.39 is 5.54 Å². The summed E-state index contributed by atoms with van der Waals surface area (Å²) in [6.45, 7) is 5.85. The van der Waals surface area contributed by atoms with E-state index >= 15 is 0 Å². The second-order valence-corrected chi connectivity index (χ2v) is 4.90. The van der Waals surface area contributed by atoms with Gasteiger partial charge in [0.2, 0.25) is 5.89 Å². The number of hydrogen-bond acceptors (Lipinski definition) is 5. The second kappa shape index (κ2) is 4.79. The predicted octanol–water partition coefficient (Wildman–Crippen LogP) is 1.91. The van der Waals surface area contributed by atoms with Gasteiger partial charge in [-0.05, 0) is 26.0 Å². The van der Waals surface area contributed by atoms with Crippen LogP contribution in [0.25, 0.3) is 0 Å². The van der Waals surface area contributed by atoms with Crippen LogP contribution in [0.3, 0.4) is 0 Å². The Morgan fingerprint density at radius 1 is 1.50 bits per heavy atom. The quantitative estimate of drug-likeness (QED) is 0.760. The molecular weight excluding hydrogens is 198 g/mol. The molecule has 0 unspecified atom stereocenters. The maximum absolute atomic E-state index is 5.82. The SMILES string of the molecule is CCCSCc1noc(C(C)(C)N)n1. The van der Waals surface area contributed by atoms with E-state index in [0.717, 1.165) is 23.8 Å². The van der Waals surface area contributed by atoms with Gasteiger partial charge >= 0.3 is 0 Å². The van der Waals surface area contributed by atoms with Crippen molar-refractivity contribution in [3.8, 4) is 0 Å². The standard InChI is InChI=1S/C9H17N3OS/c1-4-5-14-6-7-11-8(13-12-7)9(2,3)10/h4-6,10H2,1-3H3. The Kier molecular flexibility index (Phi) is 3.95. The van der Waals surface area contributed by atoms with Crippen molar-refractivity contribution in [2.75, 3.05) is 5.75 Å². The van der Waals surface area contributed by atoms with E-state index in [4.69, 9.17) is 10.3 Å². The van der Waals surface area contributed by atoms with Crippen molar-refractivity contribution >= 4 is 11.8 Å². The highest BCUT2D eigenvalue weighted by molar-refractivity contribution is 7.98. The lowest BCUT2D eigenvalue weighted by molar-refractivity contribution is 0.310.